The fraction of sp³-hybridized carbons (Fsp3) is 0.783. The van der Waals surface area contributed by atoms with E-state index >= 15 is 0 Å². The summed E-state index contributed by atoms with van der Waals surface area (Å²) in [6, 6.07) is 4.53. The molecule has 0 saturated carbocycles. The fourth-order valence-corrected chi connectivity index (χ4v) is 3.40. The summed E-state index contributed by atoms with van der Waals surface area (Å²) >= 11 is 0. The predicted octanol–water partition coefficient (Wildman–Crippen LogP) is 7.02. The van der Waals surface area contributed by atoms with Crippen LogP contribution in [0, 0.1) is 0 Å². The molecule has 0 atom stereocenters. The highest BCUT2D eigenvalue weighted by Gasteiger charge is 2.03. The molecule has 0 aliphatic carbocycles. The van der Waals surface area contributed by atoms with E-state index in [1.807, 2.05) is 0 Å². The Kier molecular flexibility index (Phi) is 13.8. The molecule has 0 saturated heterocycles. The standard InChI is InChI=1S/C23H42N/c1-3-5-7-9-10-11-12-14-16-20-24-21-17-19-23(22-24)18-15-13-8-6-4-2/h17,19,21-22H,3-16,18,20H2,1-2H3/q+1. The minimum atomic E-state index is 1.19. The zero-order valence-electron chi connectivity index (χ0n) is 16.6. The third-order valence-electron chi connectivity index (χ3n) is 5.01. The highest BCUT2D eigenvalue weighted by Crippen LogP contribution is 2.10. The Hall–Kier alpha value is -0.850. The van der Waals surface area contributed by atoms with Gasteiger partial charge in [0.2, 0.25) is 0 Å². The van der Waals surface area contributed by atoms with Gasteiger partial charge in [0.05, 0.1) is 0 Å². The van der Waals surface area contributed by atoms with E-state index in [2.05, 4.69) is 42.9 Å². The predicted molar refractivity (Wildman–Crippen MR) is 106 cm³/mol. The van der Waals surface area contributed by atoms with Crippen molar-refractivity contribution >= 4 is 0 Å². The van der Waals surface area contributed by atoms with E-state index in [1.54, 1.807) is 0 Å². The van der Waals surface area contributed by atoms with Crippen LogP contribution in [0.5, 0.6) is 0 Å². The van der Waals surface area contributed by atoms with Gasteiger partial charge in [-0.2, -0.15) is 0 Å². The first kappa shape index (κ1) is 21.2. The van der Waals surface area contributed by atoms with Gasteiger partial charge in [-0.3, -0.25) is 0 Å². The van der Waals surface area contributed by atoms with Crippen molar-refractivity contribution < 1.29 is 4.57 Å². The van der Waals surface area contributed by atoms with E-state index in [-0.39, 0.29) is 0 Å². The van der Waals surface area contributed by atoms with Crippen molar-refractivity contribution in [3.63, 3.8) is 0 Å². The largest absolute Gasteiger partial charge is 0.205 e. The molecule has 0 aliphatic rings. The van der Waals surface area contributed by atoms with Gasteiger partial charge < -0.3 is 0 Å². The van der Waals surface area contributed by atoms with Crippen LogP contribution in [-0.2, 0) is 13.0 Å². The topological polar surface area (TPSA) is 3.88 Å². The summed E-state index contributed by atoms with van der Waals surface area (Å²) < 4.78 is 2.41. The van der Waals surface area contributed by atoms with Gasteiger partial charge >= 0.3 is 0 Å². The molecule has 0 radical (unpaired) electrons. The highest BCUT2D eigenvalue weighted by atomic mass is 14.9. The summed E-state index contributed by atoms with van der Waals surface area (Å²) in [6.07, 6.45) is 25.4. The molecule has 1 nitrogen and oxygen atoms in total. The number of pyridine rings is 1. The lowest BCUT2D eigenvalue weighted by atomic mass is 10.1. The molecular weight excluding hydrogens is 290 g/mol. The Labute approximate surface area is 151 Å². The van der Waals surface area contributed by atoms with Gasteiger partial charge in [0.1, 0.15) is 6.54 Å². The maximum Gasteiger partial charge on any atom is 0.171 e. The van der Waals surface area contributed by atoms with Crippen LogP contribution in [0.25, 0.3) is 0 Å². The fourth-order valence-electron chi connectivity index (χ4n) is 3.40. The Balaban J connectivity index is 2.05. The lowest BCUT2D eigenvalue weighted by molar-refractivity contribution is -0.697. The number of rotatable bonds is 16. The molecule has 0 unspecified atom stereocenters. The summed E-state index contributed by atoms with van der Waals surface area (Å²) in [7, 11) is 0. The van der Waals surface area contributed by atoms with Crippen LogP contribution in [-0.4, -0.2) is 0 Å². The molecule has 1 rings (SSSR count). The van der Waals surface area contributed by atoms with Gasteiger partial charge in [0, 0.05) is 18.1 Å². The Morgan fingerprint density at radius 3 is 1.83 bits per heavy atom. The average molecular weight is 333 g/mol. The van der Waals surface area contributed by atoms with Crippen molar-refractivity contribution in [2.24, 2.45) is 0 Å². The van der Waals surface area contributed by atoms with Crippen LogP contribution in [0.15, 0.2) is 24.5 Å². The van der Waals surface area contributed by atoms with Crippen molar-refractivity contribution in [1.82, 2.24) is 0 Å². The third kappa shape index (κ3) is 11.6. The summed E-state index contributed by atoms with van der Waals surface area (Å²) in [6.45, 7) is 5.77. The van der Waals surface area contributed by atoms with E-state index < -0.39 is 0 Å². The van der Waals surface area contributed by atoms with Gasteiger partial charge in [-0.1, -0.05) is 84.5 Å². The van der Waals surface area contributed by atoms with Crippen LogP contribution < -0.4 is 4.57 Å². The maximum atomic E-state index is 2.41. The summed E-state index contributed by atoms with van der Waals surface area (Å²) in [5, 5.41) is 0. The quantitative estimate of drug-likeness (QED) is 0.226. The SMILES string of the molecule is CCCCCCCCCCC[n+]1cccc(CCCCCCC)c1. The first-order valence-electron chi connectivity index (χ1n) is 10.8. The number of hydrogen-bond acceptors (Lipinski definition) is 0. The maximum absolute atomic E-state index is 2.41. The second kappa shape index (κ2) is 15.7. The van der Waals surface area contributed by atoms with Crippen LogP contribution in [0.4, 0.5) is 0 Å². The van der Waals surface area contributed by atoms with E-state index in [0.29, 0.717) is 0 Å². The van der Waals surface area contributed by atoms with Gasteiger partial charge in [0.25, 0.3) is 0 Å². The highest BCUT2D eigenvalue weighted by molar-refractivity contribution is 5.05. The first-order valence-corrected chi connectivity index (χ1v) is 10.8. The molecule has 0 spiro atoms. The first-order chi connectivity index (χ1) is 11.9. The van der Waals surface area contributed by atoms with Crippen molar-refractivity contribution in [1.29, 1.82) is 0 Å². The number of aromatic nitrogens is 1. The minimum Gasteiger partial charge on any atom is -0.205 e. The van der Waals surface area contributed by atoms with E-state index in [9.17, 15) is 0 Å². The third-order valence-corrected chi connectivity index (χ3v) is 5.01. The lowest BCUT2D eigenvalue weighted by Crippen LogP contribution is -2.33. The molecule has 24 heavy (non-hydrogen) atoms. The van der Waals surface area contributed by atoms with Crippen molar-refractivity contribution in [3.05, 3.63) is 30.1 Å². The van der Waals surface area contributed by atoms with Gasteiger partial charge in [-0.05, 0) is 25.3 Å². The van der Waals surface area contributed by atoms with Crippen molar-refractivity contribution in [3.8, 4) is 0 Å². The zero-order valence-corrected chi connectivity index (χ0v) is 16.6. The molecule has 138 valence electrons. The minimum absolute atomic E-state index is 1.19. The Morgan fingerprint density at radius 2 is 1.21 bits per heavy atom. The molecule has 1 heterocycles. The number of hydrogen-bond donors (Lipinski definition) is 0. The Morgan fingerprint density at radius 1 is 0.667 bits per heavy atom. The van der Waals surface area contributed by atoms with E-state index in [4.69, 9.17) is 0 Å². The molecule has 0 fully saturated rings. The number of aryl methyl sites for hydroxylation is 2. The van der Waals surface area contributed by atoms with E-state index in [0.717, 1.165) is 0 Å². The molecule has 1 aromatic rings. The van der Waals surface area contributed by atoms with Crippen LogP contribution in [0.3, 0.4) is 0 Å². The second-order valence-electron chi connectivity index (χ2n) is 7.44. The molecule has 0 aromatic carbocycles. The van der Waals surface area contributed by atoms with Crippen LogP contribution in [0.1, 0.15) is 109 Å². The molecule has 0 aliphatic heterocycles. The summed E-state index contributed by atoms with van der Waals surface area (Å²) in [5.74, 6) is 0. The van der Waals surface area contributed by atoms with E-state index in [1.165, 1.54) is 108 Å². The zero-order chi connectivity index (χ0) is 17.3. The molecule has 0 bridgehead atoms. The number of unbranched alkanes of at least 4 members (excludes halogenated alkanes) is 12. The average Bonchev–Trinajstić information content (AvgIpc) is 2.60. The molecule has 1 heteroatoms. The molecule has 0 amide bonds. The summed E-state index contributed by atoms with van der Waals surface area (Å²) in [4.78, 5) is 0. The van der Waals surface area contributed by atoms with Crippen LogP contribution >= 0.6 is 0 Å². The van der Waals surface area contributed by atoms with Gasteiger partial charge in [-0.25, -0.2) is 4.57 Å². The Bertz CT molecular complexity index is 385. The van der Waals surface area contributed by atoms with Crippen LogP contribution in [0.2, 0.25) is 0 Å². The molecular formula is C23H42N+. The van der Waals surface area contributed by atoms with Crippen molar-refractivity contribution in [2.45, 2.75) is 117 Å². The smallest absolute Gasteiger partial charge is 0.171 e. The number of nitrogens with zero attached hydrogens (tertiary/aromatic N) is 1. The monoisotopic (exact) mass is 332 g/mol. The second-order valence-corrected chi connectivity index (χ2v) is 7.44. The van der Waals surface area contributed by atoms with Gasteiger partial charge in [0.15, 0.2) is 12.4 Å². The molecule has 1 aromatic heterocycles. The van der Waals surface area contributed by atoms with Crippen molar-refractivity contribution in [2.75, 3.05) is 0 Å². The lowest BCUT2D eigenvalue weighted by Gasteiger charge is -2.03. The molecule has 0 N–H and O–H groups in total. The van der Waals surface area contributed by atoms with Gasteiger partial charge in [-0.15, -0.1) is 0 Å². The normalized spacial score (nSPS) is 11.1. The summed E-state index contributed by atoms with van der Waals surface area (Å²) in [5.41, 5.74) is 1.52.